The Morgan fingerprint density at radius 1 is 1.19 bits per heavy atom. The summed E-state index contributed by atoms with van der Waals surface area (Å²) in [5.74, 6) is 0.670. The van der Waals surface area contributed by atoms with E-state index in [0.29, 0.717) is 54.3 Å². The molecule has 0 spiro atoms. The van der Waals surface area contributed by atoms with Crippen molar-refractivity contribution in [2.75, 3.05) is 25.1 Å². The Balaban J connectivity index is 1.62. The molecule has 1 aromatic heterocycles. The molecule has 0 saturated carbocycles. The van der Waals surface area contributed by atoms with Crippen LogP contribution in [0.25, 0.3) is 11.0 Å². The standard InChI is InChI=1S/C21H24N4O5S2/c1-3-29-14-10-11-18(30-4-2)16(13-14)22-21(26)17-8-6-12-25(17)32(27,28)19-9-5-7-15-20(19)24-31-23-15/h5,7,9-11,13,17H,3-4,6,8,12H2,1-2H3,(H,22,26). The highest BCUT2D eigenvalue weighted by atomic mass is 32.2. The number of nitrogens with one attached hydrogen (secondary N) is 1. The van der Waals surface area contributed by atoms with E-state index >= 15 is 0 Å². The number of carbonyl (C=O) groups excluding carboxylic acids is 1. The summed E-state index contributed by atoms with van der Waals surface area (Å²) < 4.78 is 47.6. The first kappa shape index (κ1) is 22.4. The summed E-state index contributed by atoms with van der Waals surface area (Å²) >= 11 is 0.958. The lowest BCUT2D eigenvalue weighted by molar-refractivity contribution is -0.119. The number of hydrogen-bond donors (Lipinski definition) is 1. The summed E-state index contributed by atoms with van der Waals surface area (Å²) in [4.78, 5) is 13.3. The summed E-state index contributed by atoms with van der Waals surface area (Å²) in [6, 6.07) is 9.18. The number of carbonyl (C=O) groups is 1. The van der Waals surface area contributed by atoms with E-state index in [1.165, 1.54) is 10.4 Å². The van der Waals surface area contributed by atoms with Crippen LogP contribution in [0.2, 0.25) is 0 Å². The predicted octanol–water partition coefficient (Wildman–Crippen LogP) is 3.28. The number of sulfonamides is 1. The molecule has 1 unspecified atom stereocenters. The van der Waals surface area contributed by atoms with Crippen LogP contribution in [0.4, 0.5) is 5.69 Å². The van der Waals surface area contributed by atoms with Gasteiger partial charge < -0.3 is 14.8 Å². The largest absolute Gasteiger partial charge is 0.494 e. The van der Waals surface area contributed by atoms with Crippen LogP contribution in [0.5, 0.6) is 11.5 Å². The molecular weight excluding hydrogens is 452 g/mol. The van der Waals surface area contributed by atoms with Gasteiger partial charge in [-0.15, -0.1) is 0 Å². The molecule has 1 saturated heterocycles. The minimum atomic E-state index is -3.94. The first-order valence-electron chi connectivity index (χ1n) is 10.4. The van der Waals surface area contributed by atoms with E-state index in [0.717, 1.165) is 11.7 Å². The van der Waals surface area contributed by atoms with Crippen LogP contribution in [0.1, 0.15) is 26.7 Å². The van der Waals surface area contributed by atoms with Crippen molar-refractivity contribution >= 4 is 44.4 Å². The van der Waals surface area contributed by atoms with Gasteiger partial charge in [-0.1, -0.05) is 6.07 Å². The molecule has 1 atom stereocenters. The zero-order chi connectivity index (χ0) is 22.7. The minimum absolute atomic E-state index is 0.0665. The van der Waals surface area contributed by atoms with Crippen molar-refractivity contribution in [1.82, 2.24) is 13.1 Å². The van der Waals surface area contributed by atoms with Crippen LogP contribution in [-0.4, -0.2) is 53.2 Å². The average Bonchev–Trinajstić information content (AvgIpc) is 3.45. The fourth-order valence-corrected chi connectivity index (χ4v) is 6.18. The van der Waals surface area contributed by atoms with Gasteiger partial charge in [0, 0.05) is 12.6 Å². The molecule has 2 aromatic carbocycles. The number of amides is 1. The van der Waals surface area contributed by atoms with Crippen LogP contribution >= 0.6 is 11.7 Å². The predicted molar refractivity (Wildman–Crippen MR) is 122 cm³/mol. The Hall–Kier alpha value is -2.76. The topological polar surface area (TPSA) is 111 Å². The number of rotatable bonds is 8. The molecule has 1 aliphatic rings. The number of ether oxygens (including phenoxy) is 2. The van der Waals surface area contributed by atoms with Crippen molar-refractivity contribution in [2.24, 2.45) is 0 Å². The molecule has 0 radical (unpaired) electrons. The molecule has 1 fully saturated rings. The second kappa shape index (κ2) is 9.39. The molecule has 9 nitrogen and oxygen atoms in total. The monoisotopic (exact) mass is 476 g/mol. The number of fused-ring (bicyclic) bond motifs is 1. The SMILES string of the molecule is CCOc1ccc(OCC)c(NC(=O)C2CCCN2S(=O)(=O)c2cccc3nsnc23)c1. The third kappa shape index (κ3) is 4.27. The van der Waals surface area contributed by atoms with E-state index in [4.69, 9.17) is 9.47 Å². The highest BCUT2D eigenvalue weighted by Crippen LogP contribution is 2.33. The molecule has 32 heavy (non-hydrogen) atoms. The summed E-state index contributed by atoms with van der Waals surface area (Å²) in [6.07, 6.45) is 1.01. The maximum atomic E-state index is 13.5. The second-order valence-corrected chi connectivity index (χ2v) is 9.56. The molecule has 11 heteroatoms. The second-order valence-electron chi connectivity index (χ2n) is 7.18. The number of benzene rings is 2. The summed E-state index contributed by atoms with van der Waals surface area (Å²) in [7, 11) is -3.94. The van der Waals surface area contributed by atoms with Crippen LogP contribution in [0, 0.1) is 0 Å². The van der Waals surface area contributed by atoms with Crippen molar-refractivity contribution in [3.63, 3.8) is 0 Å². The Labute approximate surface area is 190 Å². The number of aromatic nitrogens is 2. The van der Waals surface area contributed by atoms with E-state index in [9.17, 15) is 13.2 Å². The Morgan fingerprint density at radius 2 is 2.00 bits per heavy atom. The maximum absolute atomic E-state index is 13.5. The van der Waals surface area contributed by atoms with E-state index < -0.39 is 22.0 Å². The molecule has 1 N–H and O–H groups in total. The molecule has 0 aliphatic carbocycles. The number of anilines is 1. The lowest BCUT2D eigenvalue weighted by Gasteiger charge is -2.24. The van der Waals surface area contributed by atoms with Crippen molar-refractivity contribution in [3.05, 3.63) is 36.4 Å². The molecular formula is C21H24N4O5S2. The van der Waals surface area contributed by atoms with Crippen molar-refractivity contribution in [1.29, 1.82) is 0 Å². The average molecular weight is 477 g/mol. The fraction of sp³-hybridized carbons (Fsp3) is 0.381. The van der Waals surface area contributed by atoms with Gasteiger partial charge in [0.2, 0.25) is 15.9 Å². The first-order chi connectivity index (χ1) is 15.5. The summed E-state index contributed by atoms with van der Waals surface area (Å²) in [6.45, 7) is 4.88. The summed E-state index contributed by atoms with van der Waals surface area (Å²) in [5, 5.41) is 2.85. The number of nitrogens with zero attached hydrogens (tertiary/aromatic N) is 3. The normalized spacial score (nSPS) is 16.9. The Bertz CT molecular complexity index is 1230. The molecule has 2 heterocycles. The maximum Gasteiger partial charge on any atom is 0.246 e. The lowest BCUT2D eigenvalue weighted by atomic mass is 10.2. The quantitative estimate of drug-likeness (QED) is 0.531. The van der Waals surface area contributed by atoms with Crippen molar-refractivity contribution in [3.8, 4) is 11.5 Å². The Morgan fingerprint density at radius 3 is 2.78 bits per heavy atom. The first-order valence-corrected chi connectivity index (χ1v) is 12.6. The molecule has 1 amide bonds. The van der Waals surface area contributed by atoms with E-state index in [-0.39, 0.29) is 11.4 Å². The number of hydrogen-bond acceptors (Lipinski definition) is 8. The molecule has 1 aliphatic heterocycles. The molecule has 170 valence electrons. The van der Waals surface area contributed by atoms with Gasteiger partial charge in [0.15, 0.2) is 0 Å². The van der Waals surface area contributed by atoms with Gasteiger partial charge in [0.05, 0.1) is 30.6 Å². The zero-order valence-electron chi connectivity index (χ0n) is 17.8. The summed E-state index contributed by atoms with van der Waals surface area (Å²) in [5.41, 5.74) is 1.29. The van der Waals surface area contributed by atoms with Gasteiger partial charge in [-0.05, 0) is 51.0 Å². The fourth-order valence-electron chi connectivity index (χ4n) is 3.77. The minimum Gasteiger partial charge on any atom is -0.494 e. The van der Waals surface area contributed by atoms with E-state index in [1.54, 1.807) is 30.3 Å². The van der Waals surface area contributed by atoms with Crippen LogP contribution in [0.15, 0.2) is 41.3 Å². The van der Waals surface area contributed by atoms with Crippen molar-refractivity contribution in [2.45, 2.75) is 37.6 Å². The highest BCUT2D eigenvalue weighted by molar-refractivity contribution is 7.89. The van der Waals surface area contributed by atoms with Crippen molar-refractivity contribution < 1.29 is 22.7 Å². The third-order valence-corrected chi connectivity index (χ3v) is 7.64. The lowest BCUT2D eigenvalue weighted by Crippen LogP contribution is -2.43. The van der Waals surface area contributed by atoms with Gasteiger partial charge in [-0.25, -0.2) is 8.42 Å². The van der Waals surface area contributed by atoms with Gasteiger partial charge in [0.25, 0.3) is 0 Å². The van der Waals surface area contributed by atoms with Gasteiger partial charge in [0.1, 0.15) is 33.5 Å². The van der Waals surface area contributed by atoms with Gasteiger partial charge in [-0.3, -0.25) is 4.79 Å². The van der Waals surface area contributed by atoms with Crippen LogP contribution < -0.4 is 14.8 Å². The zero-order valence-corrected chi connectivity index (χ0v) is 19.4. The van der Waals surface area contributed by atoms with Crippen LogP contribution in [-0.2, 0) is 14.8 Å². The van der Waals surface area contributed by atoms with E-state index in [1.807, 2.05) is 13.8 Å². The van der Waals surface area contributed by atoms with Crippen LogP contribution in [0.3, 0.4) is 0 Å². The third-order valence-electron chi connectivity index (χ3n) is 5.16. The van der Waals surface area contributed by atoms with Gasteiger partial charge >= 0.3 is 0 Å². The smallest absolute Gasteiger partial charge is 0.246 e. The van der Waals surface area contributed by atoms with Gasteiger partial charge in [-0.2, -0.15) is 13.1 Å². The van der Waals surface area contributed by atoms with E-state index in [2.05, 4.69) is 14.1 Å². The molecule has 3 aromatic rings. The molecule has 0 bridgehead atoms. The molecule has 4 rings (SSSR count). The Kier molecular flexibility index (Phi) is 6.58. The highest BCUT2D eigenvalue weighted by Gasteiger charge is 2.40.